The van der Waals surface area contributed by atoms with Gasteiger partial charge in [-0.05, 0) is 37.1 Å². The number of carbonyl (C=O) groups excluding carboxylic acids is 2. The first-order valence-corrected chi connectivity index (χ1v) is 8.07. The van der Waals surface area contributed by atoms with Gasteiger partial charge in [0.05, 0.1) is 10.5 Å². The molecule has 0 radical (unpaired) electrons. The molecule has 0 aliphatic carbocycles. The number of aryl methyl sites for hydroxylation is 1. The molecule has 1 aliphatic rings. The van der Waals surface area contributed by atoms with Crippen molar-refractivity contribution in [2.24, 2.45) is 0 Å². The van der Waals surface area contributed by atoms with Gasteiger partial charge in [0.1, 0.15) is 11.6 Å². The van der Waals surface area contributed by atoms with E-state index in [0.717, 1.165) is 0 Å². The largest absolute Gasteiger partial charge is 0.445 e. The standard InChI is InChI=1S/C19H15N3O5/c1-11-7-16(22(25)26)13(10-20)8-15(11)21-18(24)19(2)9-12-5-3-4-6-14(12)17(23)27-19/h3-8H,9H2,1-2H3,(H,21,24). The molecule has 2 aromatic rings. The van der Waals surface area contributed by atoms with Crippen LogP contribution in [0.15, 0.2) is 36.4 Å². The predicted octanol–water partition coefficient (Wildman–Crippen LogP) is 2.89. The molecule has 0 spiro atoms. The number of nitriles is 1. The van der Waals surface area contributed by atoms with Gasteiger partial charge in [0.15, 0.2) is 5.60 Å². The number of nitro benzene ring substituents is 1. The summed E-state index contributed by atoms with van der Waals surface area (Å²) in [6.07, 6.45) is 0.192. The number of anilines is 1. The van der Waals surface area contributed by atoms with E-state index in [1.165, 1.54) is 19.1 Å². The Kier molecular flexibility index (Phi) is 4.37. The van der Waals surface area contributed by atoms with Gasteiger partial charge in [-0.3, -0.25) is 14.9 Å². The highest BCUT2D eigenvalue weighted by molar-refractivity contribution is 6.03. The number of cyclic esters (lactones) is 1. The maximum absolute atomic E-state index is 12.8. The Morgan fingerprint density at radius 2 is 2.07 bits per heavy atom. The Morgan fingerprint density at radius 3 is 2.74 bits per heavy atom. The average molecular weight is 365 g/mol. The summed E-state index contributed by atoms with van der Waals surface area (Å²) in [7, 11) is 0. The Hall–Kier alpha value is -3.73. The number of amides is 1. The lowest BCUT2D eigenvalue weighted by Gasteiger charge is -2.33. The first-order chi connectivity index (χ1) is 12.7. The van der Waals surface area contributed by atoms with Crippen molar-refractivity contribution in [3.8, 4) is 6.07 Å². The topological polar surface area (TPSA) is 122 Å². The molecule has 1 aliphatic heterocycles. The first kappa shape index (κ1) is 18.1. The van der Waals surface area contributed by atoms with Crippen LogP contribution in [0.3, 0.4) is 0 Å². The number of nitro groups is 1. The fraction of sp³-hybridized carbons (Fsp3) is 0.211. The van der Waals surface area contributed by atoms with E-state index in [1.807, 2.05) is 0 Å². The van der Waals surface area contributed by atoms with Crippen molar-refractivity contribution in [2.75, 3.05) is 5.32 Å². The molecule has 0 bridgehead atoms. The van der Waals surface area contributed by atoms with Crippen LogP contribution in [0, 0.1) is 28.4 Å². The molecule has 1 atom stereocenters. The van der Waals surface area contributed by atoms with Crippen LogP contribution in [0.1, 0.15) is 34.0 Å². The Morgan fingerprint density at radius 1 is 1.37 bits per heavy atom. The zero-order valence-electron chi connectivity index (χ0n) is 14.6. The maximum atomic E-state index is 12.8. The van der Waals surface area contributed by atoms with Crippen LogP contribution < -0.4 is 5.32 Å². The minimum atomic E-state index is -1.44. The average Bonchev–Trinajstić information content (AvgIpc) is 2.62. The summed E-state index contributed by atoms with van der Waals surface area (Å²) in [5.41, 5.74) is -0.162. The number of ether oxygens (including phenoxy) is 1. The third-order valence-corrected chi connectivity index (χ3v) is 4.47. The van der Waals surface area contributed by atoms with Crippen LogP contribution in [-0.2, 0) is 16.0 Å². The summed E-state index contributed by atoms with van der Waals surface area (Å²) in [4.78, 5) is 35.4. The number of carbonyl (C=O) groups is 2. The number of hydrogen-bond acceptors (Lipinski definition) is 6. The molecule has 27 heavy (non-hydrogen) atoms. The van der Waals surface area contributed by atoms with Crippen molar-refractivity contribution in [3.63, 3.8) is 0 Å². The number of fused-ring (bicyclic) bond motifs is 1. The minimum Gasteiger partial charge on any atom is -0.445 e. The van der Waals surface area contributed by atoms with Crippen LogP contribution >= 0.6 is 0 Å². The van der Waals surface area contributed by atoms with Gasteiger partial charge < -0.3 is 10.1 Å². The molecule has 1 unspecified atom stereocenters. The third-order valence-electron chi connectivity index (χ3n) is 4.47. The van der Waals surface area contributed by atoms with E-state index in [4.69, 9.17) is 10.00 Å². The highest BCUT2D eigenvalue weighted by Gasteiger charge is 2.42. The smallest absolute Gasteiger partial charge is 0.339 e. The molecule has 0 fully saturated rings. The van der Waals surface area contributed by atoms with E-state index < -0.39 is 22.4 Å². The fourth-order valence-corrected chi connectivity index (χ4v) is 2.98. The van der Waals surface area contributed by atoms with E-state index in [0.29, 0.717) is 16.7 Å². The van der Waals surface area contributed by atoms with Gasteiger partial charge in [-0.25, -0.2) is 4.79 Å². The number of nitrogens with one attached hydrogen (secondary N) is 1. The summed E-state index contributed by atoms with van der Waals surface area (Å²) < 4.78 is 5.37. The van der Waals surface area contributed by atoms with Crippen LogP contribution in [0.5, 0.6) is 0 Å². The Bertz CT molecular complexity index is 1020. The SMILES string of the molecule is Cc1cc([N+](=O)[O-])c(C#N)cc1NC(=O)C1(C)Cc2ccccc2C(=O)O1. The molecule has 8 nitrogen and oxygen atoms in total. The van der Waals surface area contributed by atoms with Crippen LogP contribution in [0.2, 0.25) is 0 Å². The number of hydrogen-bond donors (Lipinski definition) is 1. The normalized spacial score (nSPS) is 18.0. The molecule has 0 aromatic heterocycles. The Balaban J connectivity index is 1.91. The van der Waals surface area contributed by atoms with E-state index in [1.54, 1.807) is 37.3 Å². The van der Waals surface area contributed by atoms with Crippen molar-refractivity contribution in [1.29, 1.82) is 5.26 Å². The molecule has 2 aromatic carbocycles. The van der Waals surface area contributed by atoms with Crippen molar-refractivity contribution in [3.05, 3.63) is 68.8 Å². The van der Waals surface area contributed by atoms with Gasteiger partial charge >= 0.3 is 5.97 Å². The second-order valence-corrected chi connectivity index (χ2v) is 6.46. The van der Waals surface area contributed by atoms with E-state index in [-0.39, 0.29) is 23.4 Å². The third kappa shape index (κ3) is 3.22. The van der Waals surface area contributed by atoms with Crippen molar-refractivity contribution in [1.82, 2.24) is 0 Å². The van der Waals surface area contributed by atoms with Crippen LogP contribution in [0.4, 0.5) is 11.4 Å². The molecule has 3 rings (SSSR count). The van der Waals surface area contributed by atoms with E-state index in [9.17, 15) is 19.7 Å². The summed E-state index contributed by atoms with van der Waals surface area (Å²) >= 11 is 0. The second kappa shape index (κ2) is 6.53. The monoisotopic (exact) mass is 365 g/mol. The lowest BCUT2D eigenvalue weighted by molar-refractivity contribution is -0.385. The summed E-state index contributed by atoms with van der Waals surface area (Å²) in [6, 6.07) is 11.1. The molecule has 1 heterocycles. The molecule has 8 heteroatoms. The van der Waals surface area contributed by atoms with Gasteiger partial charge in [-0.2, -0.15) is 5.26 Å². The molecule has 1 amide bonds. The number of nitrogens with zero attached hydrogens (tertiary/aromatic N) is 2. The van der Waals surface area contributed by atoms with E-state index >= 15 is 0 Å². The zero-order chi connectivity index (χ0) is 19.8. The summed E-state index contributed by atoms with van der Waals surface area (Å²) in [6.45, 7) is 3.08. The molecule has 1 N–H and O–H groups in total. The molecular formula is C19H15N3O5. The van der Waals surface area contributed by atoms with E-state index in [2.05, 4.69) is 5.32 Å². The van der Waals surface area contributed by atoms with Gasteiger partial charge in [-0.1, -0.05) is 18.2 Å². The molecule has 136 valence electrons. The maximum Gasteiger partial charge on any atom is 0.339 e. The van der Waals surface area contributed by atoms with Gasteiger partial charge in [0.25, 0.3) is 11.6 Å². The highest BCUT2D eigenvalue weighted by Crippen LogP contribution is 2.31. The van der Waals surface area contributed by atoms with Crippen molar-refractivity contribution < 1.29 is 19.2 Å². The second-order valence-electron chi connectivity index (χ2n) is 6.46. The first-order valence-electron chi connectivity index (χ1n) is 8.07. The summed E-state index contributed by atoms with van der Waals surface area (Å²) in [5, 5.41) is 22.8. The zero-order valence-corrected chi connectivity index (χ0v) is 14.6. The van der Waals surface area contributed by atoms with Crippen molar-refractivity contribution >= 4 is 23.3 Å². The van der Waals surface area contributed by atoms with Gasteiger partial charge in [-0.15, -0.1) is 0 Å². The predicted molar refractivity (Wildman–Crippen MR) is 95.1 cm³/mol. The minimum absolute atomic E-state index is 0.169. The number of esters is 1. The molecule has 0 saturated carbocycles. The lowest BCUT2D eigenvalue weighted by atomic mass is 9.89. The molecular weight excluding hydrogens is 350 g/mol. The highest BCUT2D eigenvalue weighted by atomic mass is 16.6. The number of rotatable bonds is 3. The van der Waals surface area contributed by atoms with Crippen LogP contribution in [0.25, 0.3) is 0 Å². The fourth-order valence-electron chi connectivity index (χ4n) is 2.98. The van der Waals surface area contributed by atoms with Gasteiger partial charge in [0, 0.05) is 18.2 Å². The van der Waals surface area contributed by atoms with Crippen molar-refractivity contribution in [2.45, 2.75) is 25.9 Å². The van der Waals surface area contributed by atoms with Crippen LogP contribution in [-0.4, -0.2) is 22.4 Å². The lowest BCUT2D eigenvalue weighted by Crippen LogP contribution is -2.49. The quantitative estimate of drug-likeness (QED) is 0.507. The summed E-state index contributed by atoms with van der Waals surface area (Å²) in [5.74, 6) is -1.17. The Labute approximate surface area is 154 Å². The van der Waals surface area contributed by atoms with Gasteiger partial charge in [0.2, 0.25) is 0 Å². The number of benzene rings is 2. The molecule has 0 saturated heterocycles.